The summed E-state index contributed by atoms with van der Waals surface area (Å²) in [5, 5.41) is 15.6. The highest BCUT2D eigenvalue weighted by atomic mass is 32.2. The number of carbonyl (C=O) groups is 4. The number of aryl methyl sites for hydroxylation is 2. The Hall–Kier alpha value is -5.17. The average molecular weight is 591 g/mol. The molecule has 1 aliphatic heterocycles. The summed E-state index contributed by atoms with van der Waals surface area (Å²) < 4.78 is 10.9. The Morgan fingerprint density at radius 2 is 1.69 bits per heavy atom. The van der Waals surface area contributed by atoms with Crippen molar-refractivity contribution in [2.75, 3.05) is 30.9 Å². The molecule has 0 aromatic heterocycles. The van der Waals surface area contributed by atoms with Crippen LogP contribution in [0, 0.1) is 24.0 Å². The zero-order valence-corrected chi connectivity index (χ0v) is 23.7. The number of benzene rings is 3. The summed E-state index contributed by atoms with van der Waals surface area (Å²) >= 11 is 0.716. The van der Waals surface area contributed by atoms with Gasteiger partial charge >= 0.3 is 0 Å². The van der Waals surface area contributed by atoms with Gasteiger partial charge < -0.3 is 20.1 Å². The van der Waals surface area contributed by atoms with Crippen LogP contribution in [0.15, 0.2) is 65.6 Å². The number of nitro benzene ring substituents is 1. The number of nitrogens with one attached hydrogen (secondary N) is 2. The molecule has 3 aromatic rings. The maximum atomic E-state index is 12.9. The molecule has 0 radical (unpaired) electrons. The van der Waals surface area contributed by atoms with Gasteiger partial charge in [-0.25, -0.2) is 0 Å². The number of hydrogen-bond donors (Lipinski definition) is 2. The van der Waals surface area contributed by atoms with Gasteiger partial charge in [-0.15, -0.1) is 0 Å². The minimum Gasteiger partial charge on any atom is -0.493 e. The van der Waals surface area contributed by atoms with E-state index < -0.39 is 41.0 Å². The van der Waals surface area contributed by atoms with Crippen LogP contribution < -0.4 is 20.1 Å². The number of ether oxygens (including phenoxy) is 2. The molecule has 3 aromatic carbocycles. The summed E-state index contributed by atoms with van der Waals surface area (Å²) in [6.45, 7) is 3.04. The Labute approximate surface area is 244 Å². The van der Waals surface area contributed by atoms with Crippen molar-refractivity contribution in [1.29, 1.82) is 0 Å². The molecule has 4 amide bonds. The topological polar surface area (TPSA) is 157 Å². The van der Waals surface area contributed by atoms with Gasteiger partial charge in [-0.2, -0.15) is 0 Å². The molecular weight excluding hydrogens is 564 g/mol. The van der Waals surface area contributed by atoms with Crippen LogP contribution in [0.25, 0.3) is 6.08 Å². The van der Waals surface area contributed by atoms with E-state index >= 15 is 0 Å². The van der Waals surface area contributed by atoms with Gasteiger partial charge in [0.05, 0.1) is 16.9 Å². The zero-order valence-electron chi connectivity index (χ0n) is 22.8. The molecule has 1 saturated heterocycles. The Balaban J connectivity index is 1.37. The van der Waals surface area contributed by atoms with Crippen LogP contribution in [0.1, 0.15) is 16.7 Å². The van der Waals surface area contributed by atoms with E-state index in [0.717, 1.165) is 16.0 Å². The molecule has 0 aliphatic carbocycles. The highest BCUT2D eigenvalue weighted by Crippen LogP contribution is 2.34. The Bertz CT molecular complexity index is 1620. The third kappa shape index (κ3) is 7.31. The van der Waals surface area contributed by atoms with E-state index in [1.807, 2.05) is 26.0 Å². The van der Waals surface area contributed by atoms with Crippen LogP contribution in [0.4, 0.5) is 21.9 Å². The van der Waals surface area contributed by atoms with Crippen LogP contribution in [-0.2, 0) is 14.4 Å². The van der Waals surface area contributed by atoms with E-state index in [9.17, 15) is 29.3 Å². The maximum Gasteiger partial charge on any atom is 0.294 e. The molecule has 0 spiro atoms. The smallest absolute Gasteiger partial charge is 0.294 e. The molecule has 0 saturated carbocycles. The number of methoxy groups -OCH3 is 1. The number of hydrogen-bond acceptors (Lipinski definition) is 9. The Kier molecular flexibility index (Phi) is 9.22. The molecule has 2 N–H and O–H groups in total. The largest absolute Gasteiger partial charge is 0.493 e. The van der Waals surface area contributed by atoms with Gasteiger partial charge in [0.1, 0.15) is 6.54 Å². The third-order valence-electron chi connectivity index (χ3n) is 6.15. The Morgan fingerprint density at radius 3 is 2.40 bits per heavy atom. The first kappa shape index (κ1) is 29.8. The standard InChI is InChI=1S/C29H26N4O8S/c1-17-7-9-21(11-18(17)2)30-26(34)15-32-28(36)25(42-29(32)37)13-19-8-10-23(24(12-19)40-3)41-16-27(35)31-20-5-4-6-22(14-20)33(38)39/h4-14H,15-16H2,1-3H3,(H,30,34)(H,31,35)/b25-13-. The molecule has 13 heteroatoms. The summed E-state index contributed by atoms with van der Waals surface area (Å²) in [5.74, 6) is -1.15. The highest BCUT2D eigenvalue weighted by Gasteiger charge is 2.36. The first-order valence-corrected chi connectivity index (χ1v) is 13.3. The Morgan fingerprint density at radius 1 is 0.952 bits per heavy atom. The van der Waals surface area contributed by atoms with E-state index in [0.29, 0.717) is 23.0 Å². The number of carbonyl (C=O) groups excluding carboxylic acids is 4. The molecule has 0 unspecified atom stereocenters. The minimum absolute atomic E-state index is 0.131. The number of rotatable bonds is 10. The summed E-state index contributed by atoms with van der Waals surface area (Å²) in [4.78, 5) is 61.6. The van der Waals surface area contributed by atoms with Crippen molar-refractivity contribution < 1.29 is 33.6 Å². The van der Waals surface area contributed by atoms with Gasteiger partial charge in [-0.3, -0.25) is 34.2 Å². The van der Waals surface area contributed by atoms with Gasteiger partial charge in [0.2, 0.25) is 5.91 Å². The third-order valence-corrected chi connectivity index (χ3v) is 7.06. The number of amides is 4. The second kappa shape index (κ2) is 13.0. The van der Waals surface area contributed by atoms with Crippen LogP contribution in [-0.4, -0.2) is 53.0 Å². The van der Waals surface area contributed by atoms with Gasteiger partial charge in [-0.05, 0) is 78.7 Å². The van der Waals surface area contributed by atoms with Crippen molar-refractivity contribution in [3.05, 3.63) is 92.4 Å². The number of nitrogens with zero attached hydrogens (tertiary/aromatic N) is 2. The highest BCUT2D eigenvalue weighted by molar-refractivity contribution is 8.18. The maximum absolute atomic E-state index is 12.9. The van der Waals surface area contributed by atoms with Gasteiger partial charge in [-0.1, -0.05) is 18.2 Å². The van der Waals surface area contributed by atoms with Crippen molar-refractivity contribution in [1.82, 2.24) is 4.90 Å². The van der Waals surface area contributed by atoms with Crippen molar-refractivity contribution in [2.24, 2.45) is 0 Å². The molecule has 1 fully saturated rings. The molecule has 12 nitrogen and oxygen atoms in total. The molecule has 1 heterocycles. The lowest BCUT2D eigenvalue weighted by molar-refractivity contribution is -0.384. The second-order valence-corrected chi connectivity index (χ2v) is 10.2. The lowest BCUT2D eigenvalue weighted by atomic mass is 10.1. The van der Waals surface area contributed by atoms with Crippen LogP contribution in [0.3, 0.4) is 0 Å². The second-order valence-electron chi connectivity index (χ2n) is 9.17. The van der Waals surface area contributed by atoms with E-state index in [1.54, 1.807) is 18.2 Å². The van der Waals surface area contributed by atoms with Gasteiger partial charge in [0.25, 0.3) is 22.7 Å². The number of thioether (sulfide) groups is 1. The van der Waals surface area contributed by atoms with Crippen molar-refractivity contribution in [3.63, 3.8) is 0 Å². The number of anilines is 2. The summed E-state index contributed by atoms with van der Waals surface area (Å²) in [5.41, 5.74) is 3.24. The molecule has 0 bridgehead atoms. The van der Waals surface area contributed by atoms with E-state index in [-0.39, 0.29) is 27.8 Å². The molecule has 216 valence electrons. The SMILES string of the molecule is COc1cc(/C=C2\SC(=O)N(CC(=O)Nc3ccc(C)c(C)c3)C2=O)ccc1OCC(=O)Nc1cccc([N+](=O)[O-])c1. The van der Waals surface area contributed by atoms with Crippen LogP contribution in [0.2, 0.25) is 0 Å². The molecule has 1 aliphatic rings. The van der Waals surface area contributed by atoms with Crippen LogP contribution >= 0.6 is 11.8 Å². The minimum atomic E-state index is -0.600. The predicted molar refractivity (Wildman–Crippen MR) is 157 cm³/mol. The molecular formula is C29H26N4O8S. The summed E-state index contributed by atoms with van der Waals surface area (Å²) in [6, 6.07) is 15.6. The van der Waals surface area contributed by atoms with E-state index in [1.165, 1.54) is 43.5 Å². The lowest BCUT2D eigenvalue weighted by Gasteiger charge is -2.13. The number of imide groups is 1. The van der Waals surface area contributed by atoms with Crippen molar-refractivity contribution >= 4 is 57.9 Å². The van der Waals surface area contributed by atoms with Gasteiger partial charge in [0, 0.05) is 23.5 Å². The summed E-state index contributed by atoms with van der Waals surface area (Å²) in [6.07, 6.45) is 1.49. The molecule has 4 rings (SSSR count). The lowest BCUT2D eigenvalue weighted by Crippen LogP contribution is -2.36. The number of non-ortho nitro benzene ring substituents is 1. The normalized spacial score (nSPS) is 13.7. The summed E-state index contributed by atoms with van der Waals surface area (Å²) in [7, 11) is 1.40. The van der Waals surface area contributed by atoms with Crippen molar-refractivity contribution in [3.8, 4) is 11.5 Å². The fraction of sp³-hybridized carbons (Fsp3) is 0.172. The fourth-order valence-electron chi connectivity index (χ4n) is 3.88. The van der Waals surface area contributed by atoms with E-state index in [2.05, 4.69) is 10.6 Å². The van der Waals surface area contributed by atoms with Gasteiger partial charge in [0.15, 0.2) is 18.1 Å². The first-order chi connectivity index (χ1) is 20.0. The monoisotopic (exact) mass is 590 g/mol. The first-order valence-electron chi connectivity index (χ1n) is 12.5. The average Bonchev–Trinajstić information content (AvgIpc) is 3.21. The van der Waals surface area contributed by atoms with Crippen LogP contribution in [0.5, 0.6) is 11.5 Å². The fourth-order valence-corrected chi connectivity index (χ4v) is 4.72. The molecule has 42 heavy (non-hydrogen) atoms. The van der Waals surface area contributed by atoms with E-state index in [4.69, 9.17) is 9.47 Å². The number of nitro groups is 1. The quantitative estimate of drug-likeness (QED) is 0.190. The van der Waals surface area contributed by atoms with Crippen molar-refractivity contribution in [2.45, 2.75) is 13.8 Å². The molecule has 0 atom stereocenters. The zero-order chi connectivity index (χ0) is 30.4. The predicted octanol–water partition coefficient (Wildman–Crippen LogP) is 4.91.